The van der Waals surface area contributed by atoms with Crippen molar-refractivity contribution in [2.75, 3.05) is 0 Å². The van der Waals surface area contributed by atoms with Gasteiger partial charge in [0.05, 0.1) is 11.2 Å². The van der Waals surface area contributed by atoms with E-state index in [0.29, 0.717) is 0 Å². The molecule has 1 aliphatic heterocycles. The predicted octanol–water partition coefficient (Wildman–Crippen LogP) is 4.57. The van der Waals surface area contributed by atoms with Gasteiger partial charge in [-0.15, -0.1) is 0 Å². The van der Waals surface area contributed by atoms with Crippen LogP contribution in [0.25, 0.3) is 10.8 Å². The zero-order valence-electron chi connectivity index (χ0n) is 13.5. The predicted molar refractivity (Wildman–Crippen MR) is 88.4 cm³/mol. The Kier molecular flexibility index (Phi) is 3.38. The van der Waals surface area contributed by atoms with Gasteiger partial charge in [-0.2, -0.15) is 0 Å². The Morgan fingerprint density at radius 2 is 1.43 bits per heavy atom. The van der Waals surface area contributed by atoms with E-state index in [2.05, 4.69) is 77.1 Å². The van der Waals surface area contributed by atoms with Crippen molar-refractivity contribution in [3.05, 3.63) is 48.0 Å². The Bertz CT molecular complexity index is 642. The fourth-order valence-corrected chi connectivity index (χ4v) is 2.89. The molecule has 2 nitrogen and oxygen atoms in total. The first kappa shape index (κ1) is 14.6. The van der Waals surface area contributed by atoms with Gasteiger partial charge in [-0.05, 0) is 44.0 Å². The number of benzene rings is 2. The summed E-state index contributed by atoms with van der Waals surface area (Å²) in [5.74, 6) is 0.192. The van der Waals surface area contributed by atoms with Crippen LogP contribution < -0.4 is 0 Å². The molecule has 1 unspecified atom stereocenters. The second-order valence-electron chi connectivity index (χ2n) is 6.98. The first-order valence-corrected chi connectivity index (χ1v) is 7.65. The standard InChI is InChI=1S/C18H23BO2/c1-13(19-20-17(2,3)18(4,5)21-19)15-12-8-10-14-9-6-7-11-16(14)15/h6-13H,1-5H3. The Morgan fingerprint density at radius 3 is 2.10 bits per heavy atom. The first-order valence-electron chi connectivity index (χ1n) is 7.65. The molecule has 0 spiro atoms. The molecule has 21 heavy (non-hydrogen) atoms. The van der Waals surface area contributed by atoms with Crippen LogP contribution in [0.4, 0.5) is 0 Å². The Balaban J connectivity index is 1.97. The van der Waals surface area contributed by atoms with Gasteiger partial charge in [0, 0.05) is 5.82 Å². The van der Waals surface area contributed by atoms with Crippen LogP contribution in [-0.2, 0) is 9.31 Å². The molecule has 3 rings (SSSR count). The lowest BCUT2D eigenvalue weighted by atomic mass is 9.68. The monoisotopic (exact) mass is 282 g/mol. The molecule has 0 amide bonds. The highest BCUT2D eigenvalue weighted by Crippen LogP contribution is 2.41. The lowest BCUT2D eigenvalue weighted by Crippen LogP contribution is -2.41. The van der Waals surface area contributed by atoms with Crippen LogP contribution in [0, 0.1) is 0 Å². The SMILES string of the molecule is CC(B1OC(C)(C)C(C)(C)O1)c1cccc2ccccc12. The summed E-state index contributed by atoms with van der Waals surface area (Å²) >= 11 is 0. The van der Waals surface area contributed by atoms with Gasteiger partial charge in [0.2, 0.25) is 0 Å². The average Bonchev–Trinajstić information content (AvgIpc) is 2.66. The van der Waals surface area contributed by atoms with Crippen LogP contribution in [-0.4, -0.2) is 18.3 Å². The minimum absolute atomic E-state index is 0.192. The van der Waals surface area contributed by atoms with Gasteiger partial charge in [0.15, 0.2) is 0 Å². The summed E-state index contributed by atoms with van der Waals surface area (Å²) in [7, 11) is -0.208. The molecule has 1 aliphatic rings. The smallest absolute Gasteiger partial charge is 0.403 e. The topological polar surface area (TPSA) is 18.5 Å². The largest absolute Gasteiger partial charge is 0.465 e. The third kappa shape index (κ3) is 2.39. The molecule has 3 heteroatoms. The van der Waals surface area contributed by atoms with E-state index in [1.54, 1.807) is 0 Å². The maximum absolute atomic E-state index is 6.21. The van der Waals surface area contributed by atoms with E-state index in [1.807, 2.05) is 0 Å². The lowest BCUT2D eigenvalue weighted by Gasteiger charge is -2.32. The van der Waals surface area contributed by atoms with E-state index >= 15 is 0 Å². The van der Waals surface area contributed by atoms with Crippen LogP contribution >= 0.6 is 0 Å². The van der Waals surface area contributed by atoms with Crippen molar-refractivity contribution in [2.24, 2.45) is 0 Å². The van der Waals surface area contributed by atoms with Crippen LogP contribution in [0.5, 0.6) is 0 Å². The summed E-state index contributed by atoms with van der Waals surface area (Å²) in [6.07, 6.45) is 0. The van der Waals surface area contributed by atoms with Crippen LogP contribution in [0.3, 0.4) is 0 Å². The molecule has 110 valence electrons. The van der Waals surface area contributed by atoms with E-state index in [9.17, 15) is 0 Å². The van der Waals surface area contributed by atoms with Gasteiger partial charge in [-0.1, -0.05) is 49.4 Å². The van der Waals surface area contributed by atoms with Crippen LogP contribution in [0.15, 0.2) is 42.5 Å². The van der Waals surface area contributed by atoms with Gasteiger partial charge < -0.3 is 9.31 Å². The average molecular weight is 282 g/mol. The third-order valence-electron chi connectivity index (χ3n) is 4.99. The molecule has 0 bridgehead atoms. The van der Waals surface area contributed by atoms with Gasteiger partial charge >= 0.3 is 7.12 Å². The normalized spacial score (nSPS) is 21.7. The minimum Gasteiger partial charge on any atom is -0.403 e. The molecular formula is C18H23BO2. The summed E-state index contributed by atoms with van der Waals surface area (Å²) in [6.45, 7) is 10.6. The summed E-state index contributed by atoms with van der Waals surface area (Å²) in [5, 5.41) is 2.54. The zero-order chi connectivity index (χ0) is 15.3. The van der Waals surface area contributed by atoms with Crippen LogP contribution in [0.2, 0.25) is 0 Å². The van der Waals surface area contributed by atoms with Crippen molar-refractivity contribution in [2.45, 2.75) is 51.6 Å². The van der Waals surface area contributed by atoms with Crippen molar-refractivity contribution in [3.63, 3.8) is 0 Å². The van der Waals surface area contributed by atoms with Crippen molar-refractivity contribution >= 4 is 17.9 Å². The molecule has 2 aromatic carbocycles. The van der Waals surface area contributed by atoms with E-state index in [4.69, 9.17) is 9.31 Å². The number of rotatable bonds is 2. The van der Waals surface area contributed by atoms with E-state index in [0.717, 1.165) is 0 Å². The quantitative estimate of drug-likeness (QED) is 0.751. The molecule has 0 N–H and O–H groups in total. The van der Waals surface area contributed by atoms with Crippen molar-refractivity contribution < 1.29 is 9.31 Å². The summed E-state index contributed by atoms with van der Waals surface area (Å²) in [6, 6.07) is 14.9. The number of hydrogen-bond acceptors (Lipinski definition) is 2. The van der Waals surface area contributed by atoms with Gasteiger partial charge in [0.25, 0.3) is 0 Å². The molecule has 0 aliphatic carbocycles. The second-order valence-corrected chi connectivity index (χ2v) is 6.98. The minimum atomic E-state index is -0.281. The second kappa shape index (κ2) is 4.86. The maximum Gasteiger partial charge on any atom is 0.465 e. The van der Waals surface area contributed by atoms with E-state index < -0.39 is 0 Å². The van der Waals surface area contributed by atoms with Crippen molar-refractivity contribution in [1.82, 2.24) is 0 Å². The molecule has 1 saturated heterocycles. The van der Waals surface area contributed by atoms with Crippen LogP contribution in [0.1, 0.15) is 46.0 Å². The Morgan fingerprint density at radius 1 is 0.857 bits per heavy atom. The highest BCUT2D eigenvalue weighted by molar-refractivity contribution is 6.47. The molecule has 2 aromatic rings. The van der Waals surface area contributed by atoms with Crippen molar-refractivity contribution in [1.29, 1.82) is 0 Å². The zero-order valence-corrected chi connectivity index (χ0v) is 13.5. The summed E-state index contributed by atoms with van der Waals surface area (Å²) in [5.41, 5.74) is 0.721. The Labute approximate surface area is 127 Å². The number of hydrogen-bond donors (Lipinski definition) is 0. The highest BCUT2D eigenvalue weighted by Gasteiger charge is 2.53. The van der Waals surface area contributed by atoms with E-state index in [-0.39, 0.29) is 24.1 Å². The van der Waals surface area contributed by atoms with Gasteiger partial charge in [-0.3, -0.25) is 0 Å². The molecule has 1 heterocycles. The molecule has 0 aromatic heterocycles. The number of fused-ring (bicyclic) bond motifs is 1. The van der Waals surface area contributed by atoms with Gasteiger partial charge in [-0.25, -0.2) is 0 Å². The van der Waals surface area contributed by atoms with Crippen molar-refractivity contribution in [3.8, 4) is 0 Å². The fourth-order valence-electron chi connectivity index (χ4n) is 2.89. The molecule has 1 fully saturated rings. The van der Waals surface area contributed by atoms with E-state index in [1.165, 1.54) is 16.3 Å². The van der Waals surface area contributed by atoms with Gasteiger partial charge in [0.1, 0.15) is 0 Å². The summed E-state index contributed by atoms with van der Waals surface area (Å²) < 4.78 is 12.4. The molecule has 0 radical (unpaired) electrons. The third-order valence-corrected chi connectivity index (χ3v) is 4.99. The molecular weight excluding hydrogens is 259 g/mol. The summed E-state index contributed by atoms with van der Waals surface area (Å²) in [4.78, 5) is 0. The maximum atomic E-state index is 6.21. The highest BCUT2D eigenvalue weighted by atomic mass is 16.7. The fraction of sp³-hybridized carbons (Fsp3) is 0.444. The Hall–Kier alpha value is -1.32. The molecule has 0 saturated carbocycles. The molecule has 1 atom stereocenters. The lowest BCUT2D eigenvalue weighted by molar-refractivity contribution is 0.00578. The first-order chi connectivity index (χ1) is 9.82.